The summed E-state index contributed by atoms with van der Waals surface area (Å²) < 4.78 is 19.2. The van der Waals surface area contributed by atoms with E-state index in [-0.39, 0.29) is 11.0 Å². The Kier molecular flexibility index (Phi) is 3.20. The van der Waals surface area contributed by atoms with Crippen LogP contribution in [0.15, 0.2) is 36.7 Å². The molecule has 0 saturated carbocycles. The van der Waals surface area contributed by atoms with Crippen LogP contribution in [-0.2, 0) is 0 Å². The lowest BCUT2D eigenvalue weighted by molar-refractivity contribution is 0.479. The molecule has 0 aliphatic heterocycles. The van der Waals surface area contributed by atoms with Gasteiger partial charge in [-0.25, -0.2) is 19.3 Å². The summed E-state index contributed by atoms with van der Waals surface area (Å²) in [5.74, 6) is 0.509. The smallest absolute Gasteiger partial charge is 0.183 e. The number of hydrogen-bond donors (Lipinski definition) is 0. The molecule has 6 heteroatoms. The third-order valence-corrected chi connectivity index (χ3v) is 2.93. The van der Waals surface area contributed by atoms with E-state index in [1.165, 1.54) is 18.5 Å². The highest BCUT2D eigenvalue weighted by Crippen LogP contribution is 2.28. The van der Waals surface area contributed by atoms with Crippen molar-refractivity contribution in [2.24, 2.45) is 0 Å². The fraction of sp³-hybridized carbons (Fsp3) is 0.0714. The number of aromatic nitrogens is 3. The van der Waals surface area contributed by atoms with Gasteiger partial charge in [0.25, 0.3) is 0 Å². The van der Waals surface area contributed by atoms with Crippen molar-refractivity contribution in [2.45, 2.75) is 6.92 Å². The maximum Gasteiger partial charge on any atom is 0.183 e. The van der Waals surface area contributed by atoms with Gasteiger partial charge in [0.15, 0.2) is 16.9 Å². The van der Waals surface area contributed by atoms with E-state index in [9.17, 15) is 4.39 Å². The maximum atomic E-state index is 13.5. The molecule has 0 N–H and O–H groups in total. The lowest BCUT2D eigenvalue weighted by Crippen LogP contribution is -1.93. The number of halogens is 2. The molecule has 20 heavy (non-hydrogen) atoms. The van der Waals surface area contributed by atoms with Gasteiger partial charge in [-0.1, -0.05) is 17.7 Å². The SMILES string of the molecule is Cc1ccc(Oc2ccnc3nc(Cl)cnc23)cc1F. The highest BCUT2D eigenvalue weighted by molar-refractivity contribution is 6.29. The molecular formula is C14H9ClFN3O. The molecule has 2 heterocycles. The Bertz CT molecular complexity index is 794. The van der Waals surface area contributed by atoms with Crippen molar-refractivity contribution in [1.82, 2.24) is 15.0 Å². The lowest BCUT2D eigenvalue weighted by atomic mass is 10.2. The zero-order chi connectivity index (χ0) is 14.1. The van der Waals surface area contributed by atoms with Gasteiger partial charge in [-0.15, -0.1) is 0 Å². The molecule has 3 aromatic rings. The van der Waals surface area contributed by atoms with Gasteiger partial charge in [0.1, 0.15) is 16.7 Å². The number of aryl methyl sites for hydroxylation is 1. The van der Waals surface area contributed by atoms with E-state index in [2.05, 4.69) is 15.0 Å². The zero-order valence-electron chi connectivity index (χ0n) is 10.5. The Morgan fingerprint density at radius 2 is 2.05 bits per heavy atom. The number of rotatable bonds is 2. The minimum Gasteiger partial charge on any atom is -0.455 e. The van der Waals surface area contributed by atoms with Crippen LogP contribution in [0.5, 0.6) is 11.5 Å². The van der Waals surface area contributed by atoms with E-state index in [4.69, 9.17) is 16.3 Å². The Morgan fingerprint density at radius 1 is 1.20 bits per heavy atom. The fourth-order valence-corrected chi connectivity index (χ4v) is 1.85. The Morgan fingerprint density at radius 3 is 2.85 bits per heavy atom. The highest BCUT2D eigenvalue weighted by atomic mass is 35.5. The number of benzene rings is 1. The van der Waals surface area contributed by atoms with Crippen molar-refractivity contribution in [3.63, 3.8) is 0 Å². The van der Waals surface area contributed by atoms with Crippen LogP contribution in [0.2, 0.25) is 5.15 Å². The van der Waals surface area contributed by atoms with Crippen LogP contribution in [0.1, 0.15) is 5.56 Å². The van der Waals surface area contributed by atoms with Crippen molar-refractivity contribution >= 4 is 22.8 Å². The monoisotopic (exact) mass is 289 g/mol. The topological polar surface area (TPSA) is 47.9 Å². The first-order chi connectivity index (χ1) is 9.63. The second kappa shape index (κ2) is 5.02. The largest absolute Gasteiger partial charge is 0.455 e. The number of ether oxygens (including phenoxy) is 1. The molecule has 0 atom stereocenters. The first kappa shape index (κ1) is 12.7. The first-order valence-corrected chi connectivity index (χ1v) is 6.22. The number of nitrogens with zero attached hydrogens (tertiary/aromatic N) is 3. The summed E-state index contributed by atoms with van der Waals surface area (Å²) >= 11 is 5.77. The van der Waals surface area contributed by atoms with Crippen molar-refractivity contribution < 1.29 is 9.13 Å². The maximum absolute atomic E-state index is 13.5. The third-order valence-electron chi connectivity index (χ3n) is 2.75. The van der Waals surface area contributed by atoms with Crippen LogP contribution in [-0.4, -0.2) is 15.0 Å². The van der Waals surface area contributed by atoms with Gasteiger partial charge in [0, 0.05) is 18.3 Å². The predicted molar refractivity (Wildman–Crippen MR) is 73.6 cm³/mol. The van der Waals surface area contributed by atoms with Crippen molar-refractivity contribution in [2.75, 3.05) is 0 Å². The molecule has 0 spiro atoms. The van der Waals surface area contributed by atoms with Gasteiger partial charge < -0.3 is 4.74 Å². The summed E-state index contributed by atoms with van der Waals surface area (Å²) in [7, 11) is 0. The van der Waals surface area contributed by atoms with Crippen LogP contribution in [0.25, 0.3) is 11.2 Å². The molecule has 0 unspecified atom stereocenters. The van der Waals surface area contributed by atoms with E-state index >= 15 is 0 Å². The molecule has 0 aliphatic carbocycles. The molecule has 3 rings (SSSR count). The fourth-order valence-electron chi connectivity index (χ4n) is 1.72. The minimum absolute atomic E-state index is 0.253. The van der Waals surface area contributed by atoms with Gasteiger partial charge in [-0.3, -0.25) is 0 Å². The van der Waals surface area contributed by atoms with Gasteiger partial charge in [-0.05, 0) is 18.6 Å². The Labute approximate surface area is 119 Å². The minimum atomic E-state index is -0.324. The molecule has 0 fully saturated rings. The summed E-state index contributed by atoms with van der Waals surface area (Å²) in [6.07, 6.45) is 2.95. The summed E-state index contributed by atoms with van der Waals surface area (Å²) in [6.45, 7) is 1.69. The van der Waals surface area contributed by atoms with Crippen LogP contribution in [0, 0.1) is 12.7 Å². The predicted octanol–water partition coefficient (Wildman–Crippen LogP) is 3.92. The van der Waals surface area contributed by atoms with Gasteiger partial charge in [0.05, 0.1) is 6.20 Å². The van der Waals surface area contributed by atoms with E-state index in [1.54, 1.807) is 25.1 Å². The van der Waals surface area contributed by atoms with Crippen LogP contribution >= 0.6 is 11.6 Å². The van der Waals surface area contributed by atoms with E-state index in [1.807, 2.05) is 0 Å². The van der Waals surface area contributed by atoms with Gasteiger partial charge in [-0.2, -0.15) is 0 Å². The molecule has 4 nitrogen and oxygen atoms in total. The number of hydrogen-bond acceptors (Lipinski definition) is 4. The normalized spacial score (nSPS) is 10.8. The zero-order valence-corrected chi connectivity index (χ0v) is 11.2. The Balaban J connectivity index is 2.04. The quantitative estimate of drug-likeness (QED) is 0.717. The van der Waals surface area contributed by atoms with Crippen LogP contribution in [0.4, 0.5) is 4.39 Å². The second-order valence-electron chi connectivity index (χ2n) is 4.19. The number of pyridine rings is 1. The average molecular weight is 290 g/mol. The summed E-state index contributed by atoms with van der Waals surface area (Å²) in [4.78, 5) is 12.3. The molecular weight excluding hydrogens is 281 g/mol. The molecule has 0 saturated heterocycles. The molecule has 0 amide bonds. The molecule has 0 radical (unpaired) electrons. The Hall–Kier alpha value is -2.27. The van der Waals surface area contributed by atoms with E-state index in [0.29, 0.717) is 28.2 Å². The second-order valence-corrected chi connectivity index (χ2v) is 4.57. The van der Waals surface area contributed by atoms with E-state index < -0.39 is 0 Å². The molecule has 1 aromatic carbocycles. The first-order valence-electron chi connectivity index (χ1n) is 5.85. The summed E-state index contributed by atoms with van der Waals surface area (Å²) in [5.41, 5.74) is 1.41. The lowest BCUT2D eigenvalue weighted by Gasteiger charge is -2.08. The molecule has 2 aromatic heterocycles. The average Bonchev–Trinajstić information content (AvgIpc) is 2.43. The molecule has 100 valence electrons. The molecule has 0 aliphatic rings. The van der Waals surface area contributed by atoms with E-state index in [0.717, 1.165) is 0 Å². The van der Waals surface area contributed by atoms with Crippen LogP contribution in [0.3, 0.4) is 0 Å². The number of fused-ring (bicyclic) bond motifs is 1. The summed E-state index contributed by atoms with van der Waals surface area (Å²) in [6, 6.07) is 6.30. The van der Waals surface area contributed by atoms with Gasteiger partial charge >= 0.3 is 0 Å². The summed E-state index contributed by atoms with van der Waals surface area (Å²) in [5, 5.41) is 0.253. The highest BCUT2D eigenvalue weighted by Gasteiger charge is 2.08. The van der Waals surface area contributed by atoms with Crippen LogP contribution < -0.4 is 4.74 Å². The molecule has 0 bridgehead atoms. The van der Waals surface area contributed by atoms with Crippen molar-refractivity contribution in [3.8, 4) is 11.5 Å². The third kappa shape index (κ3) is 2.40. The van der Waals surface area contributed by atoms with Crippen molar-refractivity contribution in [1.29, 1.82) is 0 Å². The van der Waals surface area contributed by atoms with Crippen molar-refractivity contribution in [3.05, 3.63) is 53.2 Å². The standard InChI is InChI=1S/C14H9ClFN3O/c1-8-2-3-9(6-10(8)16)20-11-4-5-17-14-13(11)18-7-12(15)19-14/h2-7H,1H3. The van der Waals surface area contributed by atoms with Gasteiger partial charge in [0.2, 0.25) is 0 Å².